The van der Waals surface area contributed by atoms with Crippen LogP contribution in [-0.2, 0) is 18.6 Å². The van der Waals surface area contributed by atoms with E-state index in [2.05, 4.69) is 25.3 Å². The Labute approximate surface area is 156 Å². The SMILES string of the molecule is Cc1c(NCc2cnc3[nH]c(C(F)(F)F)cc3c2)ncnc1C(C)(F)F.Cl. The van der Waals surface area contributed by atoms with Crippen molar-refractivity contribution in [1.82, 2.24) is 19.9 Å². The van der Waals surface area contributed by atoms with Crippen LogP contribution in [0.3, 0.4) is 0 Å². The number of pyridine rings is 1. The summed E-state index contributed by atoms with van der Waals surface area (Å²) in [5.74, 6) is -2.88. The number of hydrogen-bond donors (Lipinski definition) is 2. The van der Waals surface area contributed by atoms with Crippen molar-refractivity contribution in [3.05, 3.63) is 47.2 Å². The molecule has 0 aliphatic rings. The maximum Gasteiger partial charge on any atom is 0.431 e. The number of nitrogens with zero attached hydrogens (tertiary/aromatic N) is 3. The average Bonchev–Trinajstić information content (AvgIpc) is 2.96. The summed E-state index contributed by atoms with van der Waals surface area (Å²) in [5.41, 5.74) is -0.370. The standard InChI is InChI=1S/C16H14F5N5.ClH/c1-8-12(15(2,17)18)24-7-25-13(8)22-5-9-3-10-4-11(16(19,20)21)26-14(10)23-6-9;/h3-4,6-7H,5H2,1-2H3,(H,23,26)(H,22,24,25);1H. The highest BCUT2D eigenvalue weighted by Gasteiger charge is 2.33. The maximum absolute atomic E-state index is 13.5. The molecule has 3 aromatic heterocycles. The van der Waals surface area contributed by atoms with Crippen LogP contribution in [-0.4, -0.2) is 19.9 Å². The van der Waals surface area contributed by atoms with E-state index in [0.717, 1.165) is 19.3 Å². The van der Waals surface area contributed by atoms with Crippen LogP contribution in [0.4, 0.5) is 27.8 Å². The second kappa shape index (κ2) is 7.26. The van der Waals surface area contributed by atoms with Crippen LogP contribution < -0.4 is 5.32 Å². The number of hydrogen-bond acceptors (Lipinski definition) is 4. The highest BCUT2D eigenvalue weighted by atomic mass is 35.5. The van der Waals surface area contributed by atoms with Gasteiger partial charge in [-0.25, -0.2) is 15.0 Å². The molecular weight excluding hydrogens is 393 g/mol. The van der Waals surface area contributed by atoms with E-state index >= 15 is 0 Å². The molecule has 27 heavy (non-hydrogen) atoms. The first-order valence-corrected chi connectivity index (χ1v) is 7.54. The van der Waals surface area contributed by atoms with Gasteiger partial charge in [-0.1, -0.05) is 0 Å². The molecule has 0 saturated heterocycles. The van der Waals surface area contributed by atoms with Crippen LogP contribution in [0.1, 0.15) is 29.4 Å². The molecule has 146 valence electrons. The zero-order chi connectivity index (χ0) is 19.1. The molecule has 0 aromatic carbocycles. The molecular formula is C16H15ClF5N5. The molecule has 0 spiro atoms. The number of aromatic amines is 1. The van der Waals surface area contributed by atoms with Crippen LogP contribution >= 0.6 is 12.4 Å². The first-order chi connectivity index (χ1) is 12.1. The van der Waals surface area contributed by atoms with E-state index in [1.54, 1.807) is 0 Å². The third kappa shape index (κ3) is 4.44. The van der Waals surface area contributed by atoms with Gasteiger partial charge in [0, 0.05) is 30.6 Å². The lowest BCUT2D eigenvalue weighted by molar-refractivity contribution is -0.140. The summed E-state index contributed by atoms with van der Waals surface area (Å²) < 4.78 is 65.2. The van der Waals surface area contributed by atoms with Crippen molar-refractivity contribution in [3.8, 4) is 0 Å². The maximum atomic E-state index is 13.5. The molecule has 0 aliphatic heterocycles. The molecule has 5 nitrogen and oxygen atoms in total. The van der Waals surface area contributed by atoms with Crippen molar-refractivity contribution < 1.29 is 22.0 Å². The fourth-order valence-corrected chi connectivity index (χ4v) is 2.57. The Hall–Kier alpha value is -2.49. The number of fused-ring (bicyclic) bond motifs is 1. The number of anilines is 1. The molecule has 3 aromatic rings. The zero-order valence-corrected chi connectivity index (χ0v) is 15.0. The summed E-state index contributed by atoms with van der Waals surface area (Å²) in [6.07, 6.45) is -2.05. The van der Waals surface area contributed by atoms with E-state index in [9.17, 15) is 22.0 Å². The summed E-state index contributed by atoms with van der Waals surface area (Å²) >= 11 is 0. The molecule has 11 heteroatoms. The van der Waals surface area contributed by atoms with Gasteiger partial charge < -0.3 is 10.3 Å². The molecule has 0 radical (unpaired) electrons. The quantitative estimate of drug-likeness (QED) is 0.608. The van der Waals surface area contributed by atoms with Crippen LogP contribution in [0, 0.1) is 6.92 Å². The summed E-state index contributed by atoms with van der Waals surface area (Å²) in [7, 11) is 0. The van der Waals surface area contributed by atoms with Gasteiger partial charge in [0.15, 0.2) is 0 Å². The predicted octanol–water partition coefficient (Wildman–Crippen LogP) is 4.83. The van der Waals surface area contributed by atoms with Crippen LogP contribution in [0.2, 0.25) is 0 Å². The molecule has 0 unspecified atom stereocenters. The number of halogens is 6. The van der Waals surface area contributed by atoms with E-state index in [-0.39, 0.29) is 41.7 Å². The van der Waals surface area contributed by atoms with Gasteiger partial charge in [0.1, 0.15) is 29.2 Å². The Morgan fingerprint density at radius 2 is 1.78 bits per heavy atom. The largest absolute Gasteiger partial charge is 0.431 e. The fourth-order valence-electron chi connectivity index (χ4n) is 2.57. The van der Waals surface area contributed by atoms with Crippen LogP contribution in [0.25, 0.3) is 11.0 Å². The Bertz CT molecular complexity index is 949. The lowest BCUT2D eigenvalue weighted by Crippen LogP contribution is -2.15. The van der Waals surface area contributed by atoms with E-state index in [0.29, 0.717) is 10.9 Å². The number of aromatic nitrogens is 4. The minimum absolute atomic E-state index is 0. The molecule has 0 saturated carbocycles. The molecule has 3 heterocycles. The van der Waals surface area contributed by atoms with Gasteiger partial charge in [0.25, 0.3) is 5.92 Å². The topological polar surface area (TPSA) is 66.5 Å². The Kier molecular flexibility index (Phi) is 5.60. The summed E-state index contributed by atoms with van der Waals surface area (Å²) in [6, 6.07) is 2.50. The normalized spacial score (nSPS) is 12.1. The third-order valence-electron chi connectivity index (χ3n) is 3.79. The fraction of sp³-hybridized carbons (Fsp3) is 0.312. The molecule has 2 N–H and O–H groups in total. The van der Waals surface area contributed by atoms with Crippen molar-refractivity contribution in [2.75, 3.05) is 5.32 Å². The highest BCUT2D eigenvalue weighted by Crippen LogP contribution is 2.31. The molecule has 0 fully saturated rings. The van der Waals surface area contributed by atoms with Crippen molar-refractivity contribution in [2.24, 2.45) is 0 Å². The Morgan fingerprint density at radius 1 is 1.07 bits per heavy atom. The first-order valence-electron chi connectivity index (χ1n) is 7.54. The van der Waals surface area contributed by atoms with Crippen LogP contribution in [0.15, 0.2) is 24.7 Å². The number of rotatable bonds is 4. The number of nitrogens with one attached hydrogen (secondary N) is 2. The summed E-state index contributed by atoms with van der Waals surface area (Å²) in [5, 5.41) is 3.19. The summed E-state index contributed by atoms with van der Waals surface area (Å²) in [4.78, 5) is 13.7. The molecule has 0 atom stereocenters. The molecule has 0 bridgehead atoms. The van der Waals surface area contributed by atoms with Gasteiger partial charge in [-0.3, -0.25) is 0 Å². The van der Waals surface area contributed by atoms with Crippen molar-refractivity contribution in [1.29, 1.82) is 0 Å². The number of H-pyrrole nitrogens is 1. The van der Waals surface area contributed by atoms with E-state index in [1.807, 2.05) is 0 Å². The molecule has 0 aliphatic carbocycles. The average molecular weight is 408 g/mol. The lowest BCUT2D eigenvalue weighted by atomic mass is 10.1. The second-order valence-corrected chi connectivity index (χ2v) is 5.90. The van der Waals surface area contributed by atoms with Crippen molar-refractivity contribution in [2.45, 2.75) is 32.5 Å². The predicted molar refractivity (Wildman–Crippen MR) is 92.0 cm³/mol. The first kappa shape index (κ1) is 20.8. The highest BCUT2D eigenvalue weighted by molar-refractivity contribution is 5.85. The van der Waals surface area contributed by atoms with E-state index < -0.39 is 17.8 Å². The number of alkyl halides is 5. The van der Waals surface area contributed by atoms with Crippen molar-refractivity contribution in [3.63, 3.8) is 0 Å². The van der Waals surface area contributed by atoms with Gasteiger partial charge in [-0.05, 0) is 24.6 Å². The second-order valence-electron chi connectivity index (χ2n) is 5.90. The monoisotopic (exact) mass is 407 g/mol. The van der Waals surface area contributed by atoms with Crippen molar-refractivity contribution >= 4 is 29.3 Å². The van der Waals surface area contributed by atoms with Gasteiger partial charge in [-0.2, -0.15) is 22.0 Å². The minimum atomic E-state index is -4.49. The zero-order valence-electron chi connectivity index (χ0n) is 14.2. The molecule has 0 amide bonds. The smallest absolute Gasteiger partial charge is 0.366 e. The van der Waals surface area contributed by atoms with E-state index in [4.69, 9.17) is 0 Å². The van der Waals surface area contributed by atoms with Gasteiger partial charge in [0.05, 0.1) is 0 Å². The molecule has 3 rings (SSSR count). The Balaban J connectivity index is 0.00000261. The summed E-state index contributed by atoms with van der Waals surface area (Å²) in [6.45, 7) is 2.37. The van der Waals surface area contributed by atoms with Crippen LogP contribution in [0.5, 0.6) is 0 Å². The minimum Gasteiger partial charge on any atom is -0.366 e. The Morgan fingerprint density at radius 3 is 2.41 bits per heavy atom. The van der Waals surface area contributed by atoms with Gasteiger partial charge >= 0.3 is 6.18 Å². The van der Waals surface area contributed by atoms with E-state index in [1.165, 1.54) is 19.2 Å². The van der Waals surface area contributed by atoms with Gasteiger partial charge in [-0.15, -0.1) is 12.4 Å². The third-order valence-corrected chi connectivity index (χ3v) is 3.79. The lowest BCUT2D eigenvalue weighted by Gasteiger charge is -2.15. The van der Waals surface area contributed by atoms with Gasteiger partial charge in [0.2, 0.25) is 0 Å².